The second-order valence-corrected chi connectivity index (χ2v) is 7.09. The normalized spacial score (nSPS) is 12.2. The van der Waals surface area contributed by atoms with Crippen LogP contribution in [-0.4, -0.2) is 4.57 Å². The molecule has 1 nitrogen and oxygen atoms in total. The lowest BCUT2D eigenvalue weighted by Crippen LogP contribution is -1.94. The van der Waals surface area contributed by atoms with Crippen LogP contribution in [-0.2, 0) is 0 Å². The first kappa shape index (κ1) is 17.3. The first-order valence-electron chi connectivity index (χ1n) is 9.88. The molecule has 138 valence electrons. The lowest BCUT2D eigenvalue weighted by atomic mass is 10.1. The molecule has 0 N–H and O–H groups in total. The van der Waals surface area contributed by atoms with Gasteiger partial charge >= 0.3 is 0 Å². The number of aromatic nitrogens is 1. The molecule has 0 fully saturated rings. The molecular weight excluding hydrogens is 350 g/mol. The van der Waals surface area contributed by atoms with Crippen molar-refractivity contribution in [3.63, 3.8) is 0 Å². The average Bonchev–Trinajstić information content (AvgIpc) is 3.13. The van der Waals surface area contributed by atoms with E-state index in [1.165, 1.54) is 32.9 Å². The second-order valence-electron chi connectivity index (χ2n) is 7.09. The molecule has 1 aromatic heterocycles. The summed E-state index contributed by atoms with van der Waals surface area (Å²) in [6.45, 7) is 0. The van der Waals surface area contributed by atoms with Gasteiger partial charge in [-0.3, -0.25) is 0 Å². The SMILES string of the molecule is C(=C\c1ccccc1)/C(=C\c1ccccc1)n1c2ccccc2c2ccccc21. The smallest absolute Gasteiger partial charge is 0.0541 e. The molecule has 0 atom stereocenters. The Labute approximate surface area is 170 Å². The van der Waals surface area contributed by atoms with Gasteiger partial charge in [-0.05, 0) is 35.4 Å². The van der Waals surface area contributed by atoms with E-state index in [2.05, 4.69) is 126 Å². The molecule has 0 unspecified atom stereocenters. The van der Waals surface area contributed by atoms with Crippen molar-refractivity contribution in [3.8, 4) is 0 Å². The van der Waals surface area contributed by atoms with Gasteiger partial charge in [0.05, 0.1) is 11.0 Å². The quantitative estimate of drug-likeness (QED) is 0.288. The number of fused-ring (bicyclic) bond motifs is 3. The number of hydrogen-bond acceptors (Lipinski definition) is 0. The van der Waals surface area contributed by atoms with E-state index in [-0.39, 0.29) is 0 Å². The molecule has 0 spiro atoms. The van der Waals surface area contributed by atoms with Gasteiger partial charge in [0.1, 0.15) is 0 Å². The van der Waals surface area contributed by atoms with Crippen molar-refractivity contribution in [2.75, 3.05) is 0 Å². The van der Waals surface area contributed by atoms with Crippen LogP contribution in [0, 0.1) is 0 Å². The van der Waals surface area contributed by atoms with Crippen molar-refractivity contribution < 1.29 is 0 Å². The van der Waals surface area contributed by atoms with Gasteiger partial charge in [0.15, 0.2) is 0 Å². The zero-order valence-corrected chi connectivity index (χ0v) is 16.1. The summed E-state index contributed by atoms with van der Waals surface area (Å²) in [4.78, 5) is 0. The van der Waals surface area contributed by atoms with Crippen LogP contribution in [0.1, 0.15) is 11.1 Å². The number of nitrogens with zero attached hydrogens (tertiary/aromatic N) is 1. The van der Waals surface area contributed by atoms with E-state index in [0.717, 1.165) is 5.70 Å². The van der Waals surface area contributed by atoms with E-state index in [9.17, 15) is 0 Å². The third kappa shape index (κ3) is 3.39. The van der Waals surface area contributed by atoms with Crippen molar-refractivity contribution in [1.29, 1.82) is 0 Å². The Morgan fingerprint density at radius 3 is 1.59 bits per heavy atom. The van der Waals surface area contributed by atoms with Crippen molar-refractivity contribution in [2.45, 2.75) is 0 Å². The Kier molecular flexibility index (Phi) is 4.56. The van der Waals surface area contributed by atoms with Crippen LogP contribution in [0.3, 0.4) is 0 Å². The predicted molar refractivity (Wildman–Crippen MR) is 126 cm³/mol. The Hall–Kier alpha value is -3.84. The van der Waals surface area contributed by atoms with Gasteiger partial charge in [-0.15, -0.1) is 0 Å². The second kappa shape index (κ2) is 7.65. The number of hydrogen-bond donors (Lipinski definition) is 0. The van der Waals surface area contributed by atoms with Crippen LogP contribution in [0.15, 0.2) is 115 Å². The van der Waals surface area contributed by atoms with Gasteiger partial charge in [0.2, 0.25) is 0 Å². The zero-order chi connectivity index (χ0) is 19.5. The van der Waals surface area contributed by atoms with Crippen LogP contribution < -0.4 is 0 Å². The van der Waals surface area contributed by atoms with Crippen molar-refractivity contribution in [3.05, 3.63) is 126 Å². The first-order chi connectivity index (χ1) is 14.4. The van der Waals surface area contributed by atoms with E-state index < -0.39 is 0 Å². The first-order valence-corrected chi connectivity index (χ1v) is 9.88. The number of allylic oxidation sites excluding steroid dienone is 2. The maximum Gasteiger partial charge on any atom is 0.0541 e. The molecule has 0 radical (unpaired) electrons. The summed E-state index contributed by atoms with van der Waals surface area (Å²) in [6, 6.07) is 38.2. The van der Waals surface area contributed by atoms with Gasteiger partial charge in [0, 0.05) is 16.5 Å². The molecule has 0 saturated heterocycles. The molecule has 0 aliphatic heterocycles. The average molecular weight is 371 g/mol. The molecule has 5 rings (SSSR count). The summed E-state index contributed by atoms with van der Waals surface area (Å²) in [6.07, 6.45) is 6.64. The summed E-state index contributed by atoms with van der Waals surface area (Å²) < 4.78 is 2.36. The largest absolute Gasteiger partial charge is 0.309 e. The Bertz CT molecular complexity index is 1270. The number of benzene rings is 4. The highest BCUT2D eigenvalue weighted by Crippen LogP contribution is 2.32. The van der Waals surface area contributed by atoms with Crippen molar-refractivity contribution in [2.24, 2.45) is 0 Å². The fourth-order valence-corrected chi connectivity index (χ4v) is 3.85. The minimum Gasteiger partial charge on any atom is -0.309 e. The van der Waals surface area contributed by atoms with Gasteiger partial charge in [-0.25, -0.2) is 0 Å². The fraction of sp³-hybridized carbons (Fsp3) is 0. The molecule has 1 heterocycles. The Balaban J connectivity index is 1.77. The van der Waals surface area contributed by atoms with Crippen molar-refractivity contribution >= 4 is 39.7 Å². The molecule has 0 aliphatic rings. The van der Waals surface area contributed by atoms with Crippen molar-refractivity contribution in [1.82, 2.24) is 4.57 Å². The minimum absolute atomic E-state index is 1.14. The van der Waals surface area contributed by atoms with Crippen LogP contribution in [0.4, 0.5) is 0 Å². The lowest BCUT2D eigenvalue weighted by Gasteiger charge is -2.10. The summed E-state index contributed by atoms with van der Waals surface area (Å²) in [5.74, 6) is 0. The van der Waals surface area contributed by atoms with Crippen LogP contribution >= 0.6 is 0 Å². The molecule has 0 bridgehead atoms. The van der Waals surface area contributed by atoms with E-state index in [1.807, 2.05) is 6.07 Å². The standard InChI is InChI=1S/C28H21N/c1-3-11-22(12-4-1)19-20-24(21-23-13-5-2-6-14-23)29-27-17-9-7-15-25(27)26-16-8-10-18-28(26)29/h1-21H/b20-19+,24-21+. The predicted octanol–water partition coefficient (Wildman–Crippen LogP) is 7.51. The molecule has 0 amide bonds. The van der Waals surface area contributed by atoms with Gasteiger partial charge in [-0.2, -0.15) is 0 Å². The zero-order valence-electron chi connectivity index (χ0n) is 16.1. The van der Waals surface area contributed by atoms with Crippen LogP contribution in [0.5, 0.6) is 0 Å². The Morgan fingerprint density at radius 2 is 1.00 bits per heavy atom. The molecule has 0 aliphatic carbocycles. The third-order valence-corrected chi connectivity index (χ3v) is 5.20. The monoisotopic (exact) mass is 371 g/mol. The molecule has 0 saturated carbocycles. The van der Waals surface area contributed by atoms with Gasteiger partial charge in [-0.1, -0.05) is 103 Å². The summed E-state index contributed by atoms with van der Waals surface area (Å²) >= 11 is 0. The highest BCUT2D eigenvalue weighted by atomic mass is 15.0. The molecule has 4 aromatic carbocycles. The summed E-state index contributed by atoms with van der Waals surface area (Å²) in [5.41, 5.74) is 5.94. The molecule has 1 heteroatoms. The topological polar surface area (TPSA) is 4.93 Å². The van der Waals surface area contributed by atoms with E-state index in [1.54, 1.807) is 0 Å². The maximum absolute atomic E-state index is 2.36. The Morgan fingerprint density at radius 1 is 0.517 bits per heavy atom. The summed E-state index contributed by atoms with van der Waals surface area (Å²) in [5, 5.41) is 2.55. The fourth-order valence-electron chi connectivity index (χ4n) is 3.85. The lowest BCUT2D eigenvalue weighted by molar-refractivity contribution is 1.25. The molecule has 29 heavy (non-hydrogen) atoms. The summed E-state index contributed by atoms with van der Waals surface area (Å²) in [7, 11) is 0. The molecule has 5 aromatic rings. The third-order valence-electron chi connectivity index (χ3n) is 5.20. The highest BCUT2D eigenvalue weighted by Gasteiger charge is 2.11. The highest BCUT2D eigenvalue weighted by molar-refractivity contribution is 6.11. The van der Waals surface area contributed by atoms with Crippen LogP contribution in [0.25, 0.3) is 39.7 Å². The van der Waals surface area contributed by atoms with Crippen LogP contribution in [0.2, 0.25) is 0 Å². The van der Waals surface area contributed by atoms with E-state index in [0.29, 0.717) is 0 Å². The van der Waals surface area contributed by atoms with Gasteiger partial charge < -0.3 is 4.57 Å². The van der Waals surface area contributed by atoms with Gasteiger partial charge in [0.25, 0.3) is 0 Å². The number of para-hydroxylation sites is 2. The number of rotatable bonds is 4. The van der Waals surface area contributed by atoms with E-state index >= 15 is 0 Å². The minimum atomic E-state index is 1.14. The maximum atomic E-state index is 2.36. The van der Waals surface area contributed by atoms with E-state index in [4.69, 9.17) is 0 Å². The molecular formula is C28H21N.